The SMILES string of the molecule is CCc1cn(Cc2cccc(N[C@H](CC)c3ccc(Cl)c(C)c3)c2)[cH-]1. The lowest BCUT2D eigenvalue weighted by Gasteiger charge is -2.23. The number of benzene rings is 2. The zero-order valence-corrected chi connectivity index (χ0v) is 16.0. The minimum atomic E-state index is 0.286. The van der Waals surface area contributed by atoms with Crippen LogP contribution in [0.15, 0.2) is 54.9 Å². The zero-order chi connectivity index (χ0) is 17.8. The van der Waals surface area contributed by atoms with E-state index in [0.717, 1.165) is 35.7 Å². The van der Waals surface area contributed by atoms with Crippen LogP contribution >= 0.6 is 11.6 Å². The smallest absolute Gasteiger partial charge is 0.0511 e. The van der Waals surface area contributed by atoms with Gasteiger partial charge in [0, 0.05) is 17.3 Å². The highest BCUT2D eigenvalue weighted by atomic mass is 35.5. The van der Waals surface area contributed by atoms with Gasteiger partial charge in [0.1, 0.15) is 0 Å². The summed E-state index contributed by atoms with van der Waals surface area (Å²) in [6.07, 6.45) is 6.58. The molecule has 1 N–H and O–H groups in total. The molecule has 3 rings (SSSR count). The fraction of sp³-hybridized carbons (Fsp3) is 0.318. The predicted molar refractivity (Wildman–Crippen MR) is 108 cm³/mol. The van der Waals surface area contributed by atoms with Crippen LogP contribution in [0.5, 0.6) is 0 Å². The number of nitrogens with zero attached hydrogens (tertiary/aromatic N) is 1. The summed E-state index contributed by atoms with van der Waals surface area (Å²) in [6.45, 7) is 7.38. The van der Waals surface area contributed by atoms with Crippen LogP contribution in [0, 0.1) is 6.92 Å². The lowest BCUT2D eigenvalue weighted by molar-refractivity contribution is 0.734. The Morgan fingerprint density at radius 3 is 2.64 bits per heavy atom. The van der Waals surface area contributed by atoms with E-state index in [9.17, 15) is 0 Å². The minimum absolute atomic E-state index is 0.286. The average molecular weight is 354 g/mol. The number of hydrogen-bond acceptors (Lipinski definition) is 1. The highest BCUT2D eigenvalue weighted by Gasteiger charge is 2.10. The third kappa shape index (κ3) is 4.32. The molecule has 0 aliphatic rings. The summed E-state index contributed by atoms with van der Waals surface area (Å²) < 4.78 is 2.25. The highest BCUT2D eigenvalue weighted by Crippen LogP contribution is 2.26. The molecular weight excluding hydrogens is 328 g/mol. The fourth-order valence-corrected chi connectivity index (χ4v) is 3.28. The van der Waals surface area contributed by atoms with E-state index in [0.29, 0.717) is 0 Å². The van der Waals surface area contributed by atoms with Crippen molar-refractivity contribution in [3.63, 3.8) is 0 Å². The van der Waals surface area contributed by atoms with E-state index < -0.39 is 0 Å². The van der Waals surface area contributed by atoms with Gasteiger partial charge in [0.15, 0.2) is 0 Å². The molecule has 132 valence electrons. The maximum atomic E-state index is 6.17. The second kappa shape index (κ2) is 7.88. The van der Waals surface area contributed by atoms with Gasteiger partial charge in [-0.2, -0.15) is 0 Å². The number of rotatable bonds is 7. The Kier molecular flexibility index (Phi) is 5.60. The zero-order valence-electron chi connectivity index (χ0n) is 15.2. The summed E-state index contributed by atoms with van der Waals surface area (Å²) in [5, 5.41) is 4.50. The van der Waals surface area contributed by atoms with Crippen LogP contribution in [0.3, 0.4) is 0 Å². The van der Waals surface area contributed by atoms with Crippen molar-refractivity contribution in [2.45, 2.75) is 46.2 Å². The van der Waals surface area contributed by atoms with Crippen molar-refractivity contribution in [2.75, 3.05) is 5.32 Å². The van der Waals surface area contributed by atoms with E-state index in [-0.39, 0.29) is 6.04 Å². The molecule has 0 spiro atoms. The second-order valence-corrected chi connectivity index (χ2v) is 7.08. The van der Waals surface area contributed by atoms with Crippen molar-refractivity contribution in [2.24, 2.45) is 0 Å². The third-order valence-corrected chi connectivity index (χ3v) is 5.12. The standard InChI is InChI=1S/C22H26ClN2/c1-4-17-13-25(14-17)15-18-7-6-8-20(12-18)24-22(5-2)19-9-10-21(23)16(3)11-19/h6-14,22,24H,4-5,15H2,1-3H3/q-1/t22-/m1/s1. The van der Waals surface area contributed by atoms with E-state index in [1.807, 2.05) is 6.07 Å². The number of anilines is 1. The van der Waals surface area contributed by atoms with Gasteiger partial charge in [-0.25, -0.2) is 0 Å². The maximum Gasteiger partial charge on any atom is 0.0511 e. The molecule has 1 heterocycles. The number of aromatic nitrogens is 1. The number of halogens is 1. The highest BCUT2D eigenvalue weighted by molar-refractivity contribution is 6.31. The Labute approximate surface area is 155 Å². The van der Waals surface area contributed by atoms with Crippen LogP contribution in [0.1, 0.15) is 48.6 Å². The second-order valence-electron chi connectivity index (χ2n) is 6.67. The minimum Gasteiger partial charge on any atom is -0.454 e. The molecule has 0 aliphatic carbocycles. The van der Waals surface area contributed by atoms with Gasteiger partial charge in [0.2, 0.25) is 0 Å². The van der Waals surface area contributed by atoms with Gasteiger partial charge in [-0.1, -0.05) is 56.1 Å². The Hall–Kier alpha value is -2.06. The molecule has 0 saturated carbocycles. The number of hydrogen-bond donors (Lipinski definition) is 1. The van der Waals surface area contributed by atoms with Crippen molar-refractivity contribution >= 4 is 17.3 Å². The average Bonchev–Trinajstić information content (AvgIpc) is 2.58. The van der Waals surface area contributed by atoms with Gasteiger partial charge in [-0.05, 0) is 48.2 Å². The van der Waals surface area contributed by atoms with E-state index in [4.69, 9.17) is 11.6 Å². The third-order valence-electron chi connectivity index (χ3n) is 4.70. The molecule has 1 atom stereocenters. The lowest BCUT2D eigenvalue weighted by atomic mass is 10.0. The Morgan fingerprint density at radius 1 is 1.16 bits per heavy atom. The first kappa shape index (κ1) is 17.8. The van der Waals surface area contributed by atoms with Crippen molar-refractivity contribution in [1.29, 1.82) is 0 Å². The monoisotopic (exact) mass is 353 g/mol. The summed E-state index contributed by atoms with van der Waals surface area (Å²) in [5.74, 6) is 0. The predicted octanol–water partition coefficient (Wildman–Crippen LogP) is 6.34. The molecule has 2 nitrogen and oxygen atoms in total. The summed E-state index contributed by atoms with van der Waals surface area (Å²) in [7, 11) is 0. The van der Waals surface area contributed by atoms with Gasteiger partial charge in [0.05, 0.1) is 6.04 Å². The van der Waals surface area contributed by atoms with E-state index in [1.165, 1.54) is 16.7 Å². The molecule has 3 aromatic rings. The fourth-order valence-electron chi connectivity index (χ4n) is 3.17. The Morgan fingerprint density at radius 2 is 1.96 bits per heavy atom. The van der Waals surface area contributed by atoms with Crippen LogP contribution in [0.25, 0.3) is 0 Å². The van der Waals surface area contributed by atoms with Crippen LogP contribution in [-0.2, 0) is 13.0 Å². The molecule has 0 saturated heterocycles. The van der Waals surface area contributed by atoms with Crippen molar-refractivity contribution in [3.8, 4) is 0 Å². The topological polar surface area (TPSA) is 17.0 Å². The summed E-state index contributed by atoms with van der Waals surface area (Å²) in [5.41, 5.74) is 6.30. The molecule has 25 heavy (non-hydrogen) atoms. The Balaban J connectivity index is 1.72. The molecule has 0 fully saturated rings. The molecule has 1 aromatic heterocycles. The normalized spacial score (nSPS) is 12.3. The first-order valence-corrected chi connectivity index (χ1v) is 9.39. The van der Waals surface area contributed by atoms with Gasteiger partial charge in [0.25, 0.3) is 0 Å². The first-order valence-electron chi connectivity index (χ1n) is 9.02. The van der Waals surface area contributed by atoms with Gasteiger partial charge in [-0.15, -0.1) is 18.0 Å². The van der Waals surface area contributed by atoms with Gasteiger partial charge < -0.3 is 9.88 Å². The summed E-state index contributed by atoms with van der Waals surface area (Å²) in [4.78, 5) is 0. The molecule has 0 aliphatic heterocycles. The van der Waals surface area contributed by atoms with Crippen molar-refractivity contribution in [1.82, 2.24) is 4.57 Å². The molecule has 3 heteroatoms. The number of aryl methyl sites for hydroxylation is 2. The van der Waals surface area contributed by atoms with E-state index in [2.05, 4.69) is 79.4 Å². The van der Waals surface area contributed by atoms with Gasteiger partial charge >= 0.3 is 0 Å². The molecule has 0 radical (unpaired) electrons. The quantitative estimate of drug-likeness (QED) is 0.490. The molecule has 2 aromatic carbocycles. The van der Waals surface area contributed by atoms with Gasteiger partial charge in [-0.3, -0.25) is 0 Å². The summed E-state index contributed by atoms with van der Waals surface area (Å²) in [6, 6.07) is 15.3. The Bertz CT molecular complexity index is 816. The lowest BCUT2D eigenvalue weighted by Crippen LogP contribution is -2.11. The van der Waals surface area contributed by atoms with Crippen molar-refractivity contribution in [3.05, 3.63) is 82.1 Å². The largest absolute Gasteiger partial charge is 0.454 e. The van der Waals surface area contributed by atoms with Crippen LogP contribution < -0.4 is 5.32 Å². The van der Waals surface area contributed by atoms with E-state index >= 15 is 0 Å². The number of nitrogens with one attached hydrogen (secondary N) is 1. The molecule has 0 unspecified atom stereocenters. The molecular formula is C22H26ClN2-. The van der Waals surface area contributed by atoms with Crippen molar-refractivity contribution < 1.29 is 0 Å². The molecule has 0 bridgehead atoms. The maximum absolute atomic E-state index is 6.17. The summed E-state index contributed by atoms with van der Waals surface area (Å²) >= 11 is 6.17. The van der Waals surface area contributed by atoms with E-state index in [1.54, 1.807) is 0 Å². The molecule has 0 amide bonds. The van der Waals surface area contributed by atoms with Crippen LogP contribution in [-0.4, -0.2) is 4.57 Å². The van der Waals surface area contributed by atoms with Crippen LogP contribution in [0.2, 0.25) is 5.02 Å². The first-order chi connectivity index (χ1) is 12.1. The van der Waals surface area contributed by atoms with Crippen LogP contribution in [0.4, 0.5) is 5.69 Å².